The Morgan fingerprint density at radius 2 is 1.36 bits per heavy atom. The Labute approximate surface area is 146 Å². The first-order valence-electron chi connectivity index (χ1n) is 7.59. The number of esters is 2. The molecule has 0 bridgehead atoms. The van der Waals surface area contributed by atoms with Crippen LogP contribution in [0, 0.1) is 0 Å². The molecule has 0 N–H and O–H groups in total. The van der Waals surface area contributed by atoms with Gasteiger partial charge in [-0.3, -0.25) is 0 Å². The Hall–Kier alpha value is -3.34. The molecule has 5 nitrogen and oxygen atoms in total. The molecule has 0 heterocycles. The zero-order valence-corrected chi connectivity index (χ0v) is 13.6. The van der Waals surface area contributed by atoms with Crippen molar-refractivity contribution in [1.29, 1.82) is 0 Å². The quantitative estimate of drug-likeness (QED) is 0.416. The Balaban J connectivity index is 2.23. The van der Waals surface area contributed by atoms with Gasteiger partial charge in [0.05, 0.1) is 0 Å². The van der Waals surface area contributed by atoms with Gasteiger partial charge in [0.15, 0.2) is 0 Å². The molecule has 2 rings (SSSR count). The van der Waals surface area contributed by atoms with Gasteiger partial charge in [0, 0.05) is 0 Å². The number of benzene rings is 2. The number of carbonyl (C=O) groups is 2. The molecule has 0 fully saturated rings. The van der Waals surface area contributed by atoms with Gasteiger partial charge in [-0.05, 0) is 24.3 Å². The predicted octanol–water partition coefficient (Wildman–Crippen LogP) is 3.81. The van der Waals surface area contributed by atoms with Crippen molar-refractivity contribution in [1.82, 2.24) is 0 Å². The van der Waals surface area contributed by atoms with Crippen molar-refractivity contribution in [2.75, 3.05) is 13.2 Å². The smallest absolute Gasteiger partial charge is 0.347 e. The van der Waals surface area contributed by atoms with Crippen LogP contribution < -0.4 is 9.47 Å². The molecule has 2 aromatic rings. The second-order valence-corrected chi connectivity index (χ2v) is 4.87. The van der Waals surface area contributed by atoms with Gasteiger partial charge in [0.1, 0.15) is 35.8 Å². The standard InChI is InChI=1S/C20H18O5/c1-3-13-23-17-11-7-5-9-15(17)20(22)25-18-12-8-6-10-16(18)19(21)24-14-4-2/h3-12H,1-2,13-14H2. The average Bonchev–Trinajstić information content (AvgIpc) is 2.65. The molecule has 0 aliphatic carbocycles. The fraction of sp³-hybridized carbons (Fsp3) is 0.100. The van der Waals surface area contributed by atoms with E-state index in [0.29, 0.717) is 5.75 Å². The van der Waals surface area contributed by atoms with Gasteiger partial charge < -0.3 is 14.2 Å². The fourth-order valence-electron chi connectivity index (χ4n) is 2.00. The lowest BCUT2D eigenvalue weighted by Crippen LogP contribution is -2.14. The third kappa shape index (κ3) is 4.81. The molecule has 25 heavy (non-hydrogen) atoms. The summed E-state index contributed by atoms with van der Waals surface area (Å²) in [6.45, 7) is 7.39. The van der Waals surface area contributed by atoms with E-state index in [0.717, 1.165) is 0 Å². The number of hydrogen-bond acceptors (Lipinski definition) is 5. The number of ether oxygens (including phenoxy) is 3. The highest BCUT2D eigenvalue weighted by Gasteiger charge is 2.19. The van der Waals surface area contributed by atoms with Crippen LogP contribution in [0.4, 0.5) is 0 Å². The Bertz CT molecular complexity index is 779. The van der Waals surface area contributed by atoms with Crippen LogP contribution in [0.25, 0.3) is 0 Å². The largest absolute Gasteiger partial charge is 0.489 e. The van der Waals surface area contributed by atoms with Crippen molar-refractivity contribution in [3.63, 3.8) is 0 Å². The fourth-order valence-corrected chi connectivity index (χ4v) is 2.00. The maximum absolute atomic E-state index is 12.5. The number of para-hydroxylation sites is 2. The van der Waals surface area contributed by atoms with Crippen LogP contribution in [-0.4, -0.2) is 25.2 Å². The van der Waals surface area contributed by atoms with Gasteiger partial charge in [0.25, 0.3) is 0 Å². The summed E-state index contributed by atoms with van der Waals surface area (Å²) >= 11 is 0. The first-order valence-corrected chi connectivity index (χ1v) is 7.59. The summed E-state index contributed by atoms with van der Waals surface area (Å²) in [5.74, 6) is -0.748. The molecule has 0 saturated heterocycles. The van der Waals surface area contributed by atoms with Gasteiger partial charge in [-0.2, -0.15) is 0 Å². The highest BCUT2D eigenvalue weighted by atomic mass is 16.5. The van der Waals surface area contributed by atoms with Crippen molar-refractivity contribution in [3.8, 4) is 11.5 Å². The molecular formula is C20H18O5. The lowest BCUT2D eigenvalue weighted by atomic mass is 10.2. The molecule has 0 aliphatic rings. The van der Waals surface area contributed by atoms with Crippen LogP contribution in [0.1, 0.15) is 20.7 Å². The Morgan fingerprint density at radius 1 is 0.800 bits per heavy atom. The molecule has 0 atom stereocenters. The zero-order chi connectivity index (χ0) is 18.1. The third-order valence-corrected chi connectivity index (χ3v) is 3.11. The summed E-state index contributed by atoms with van der Waals surface area (Å²) in [7, 11) is 0. The van der Waals surface area contributed by atoms with E-state index in [1.54, 1.807) is 42.5 Å². The van der Waals surface area contributed by atoms with Gasteiger partial charge in [-0.1, -0.05) is 49.6 Å². The van der Waals surface area contributed by atoms with E-state index in [-0.39, 0.29) is 30.1 Å². The summed E-state index contributed by atoms with van der Waals surface area (Å²) in [4.78, 5) is 24.5. The van der Waals surface area contributed by atoms with Crippen molar-refractivity contribution >= 4 is 11.9 Å². The lowest BCUT2D eigenvalue weighted by Gasteiger charge is -2.12. The molecule has 0 aliphatic heterocycles. The molecule has 0 radical (unpaired) electrons. The van der Waals surface area contributed by atoms with Crippen molar-refractivity contribution in [2.45, 2.75) is 0 Å². The Kier molecular flexibility index (Phi) is 6.54. The first-order chi connectivity index (χ1) is 12.2. The zero-order valence-electron chi connectivity index (χ0n) is 13.6. The number of carbonyl (C=O) groups excluding carboxylic acids is 2. The predicted molar refractivity (Wildman–Crippen MR) is 94.0 cm³/mol. The monoisotopic (exact) mass is 338 g/mol. The van der Waals surface area contributed by atoms with E-state index in [9.17, 15) is 9.59 Å². The second-order valence-electron chi connectivity index (χ2n) is 4.87. The summed E-state index contributed by atoms with van der Waals surface area (Å²) in [5.41, 5.74) is 0.404. The van der Waals surface area contributed by atoms with Crippen molar-refractivity contribution < 1.29 is 23.8 Å². The first kappa shape index (κ1) is 18.0. The molecule has 5 heteroatoms. The topological polar surface area (TPSA) is 61.8 Å². The minimum atomic E-state index is -0.636. The van der Waals surface area contributed by atoms with E-state index in [1.807, 2.05) is 0 Å². The second kappa shape index (κ2) is 9.08. The van der Waals surface area contributed by atoms with Gasteiger partial charge in [0.2, 0.25) is 0 Å². The van der Waals surface area contributed by atoms with Crippen LogP contribution in [-0.2, 0) is 4.74 Å². The minimum absolute atomic E-state index is 0.0688. The summed E-state index contributed by atoms with van der Waals surface area (Å²) < 4.78 is 15.8. The molecule has 0 aromatic heterocycles. The van der Waals surface area contributed by atoms with Gasteiger partial charge >= 0.3 is 11.9 Å². The van der Waals surface area contributed by atoms with Gasteiger partial charge in [-0.15, -0.1) is 0 Å². The summed E-state index contributed by atoms with van der Waals surface area (Å²) in [6.07, 6.45) is 3.03. The highest BCUT2D eigenvalue weighted by molar-refractivity contribution is 5.97. The van der Waals surface area contributed by atoms with E-state index in [4.69, 9.17) is 14.2 Å². The van der Waals surface area contributed by atoms with Gasteiger partial charge in [-0.25, -0.2) is 9.59 Å². The number of rotatable bonds is 8. The molecule has 128 valence electrons. The SMILES string of the molecule is C=CCOC(=O)c1ccccc1OC(=O)c1ccccc1OCC=C. The summed E-state index contributed by atoms with van der Waals surface area (Å²) in [6, 6.07) is 13.0. The van der Waals surface area contributed by atoms with Crippen LogP contribution >= 0.6 is 0 Å². The molecule has 0 saturated carbocycles. The highest BCUT2D eigenvalue weighted by Crippen LogP contribution is 2.24. The summed E-state index contributed by atoms with van der Waals surface area (Å²) in [5, 5.41) is 0. The average molecular weight is 338 g/mol. The maximum atomic E-state index is 12.5. The van der Waals surface area contributed by atoms with E-state index < -0.39 is 11.9 Å². The molecule has 2 aromatic carbocycles. The minimum Gasteiger partial charge on any atom is -0.489 e. The van der Waals surface area contributed by atoms with Crippen LogP contribution in [0.5, 0.6) is 11.5 Å². The van der Waals surface area contributed by atoms with E-state index >= 15 is 0 Å². The molecule has 0 unspecified atom stereocenters. The Morgan fingerprint density at radius 3 is 2.00 bits per heavy atom. The molecular weight excluding hydrogens is 320 g/mol. The van der Waals surface area contributed by atoms with Crippen LogP contribution in [0.2, 0.25) is 0 Å². The third-order valence-electron chi connectivity index (χ3n) is 3.11. The van der Waals surface area contributed by atoms with Crippen LogP contribution in [0.3, 0.4) is 0 Å². The number of hydrogen-bond donors (Lipinski definition) is 0. The lowest BCUT2D eigenvalue weighted by molar-refractivity contribution is 0.0543. The molecule has 0 spiro atoms. The maximum Gasteiger partial charge on any atom is 0.347 e. The van der Waals surface area contributed by atoms with Crippen LogP contribution in [0.15, 0.2) is 73.8 Å². The van der Waals surface area contributed by atoms with Crippen molar-refractivity contribution in [2.24, 2.45) is 0 Å². The normalized spacial score (nSPS) is 9.76. The van der Waals surface area contributed by atoms with Crippen molar-refractivity contribution in [3.05, 3.63) is 85.0 Å². The van der Waals surface area contributed by atoms with E-state index in [2.05, 4.69) is 13.2 Å². The molecule has 0 amide bonds. The van der Waals surface area contributed by atoms with E-state index in [1.165, 1.54) is 18.2 Å².